The monoisotopic (exact) mass is 373 g/mol. The maximum Gasteiger partial charge on any atom is 0.121 e. The zero-order valence-corrected chi connectivity index (χ0v) is 15.8. The molecule has 5 aromatic rings. The zero-order chi connectivity index (χ0) is 19.5. The van der Waals surface area contributed by atoms with E-state index in [1.807, 2.05) is 30.3 Å². The number of fused-ring (bicyclic) bond motifs is 3. The minimum Gasteiger partial charge on any atom is -0.197 e. The molecule has 0 amide bonds. The Morgan fingerprint density at radius 1 is 0.483 bits per heavy atom. The molecule has 0 aliphatic heterocycles. The van der Waals surface area contributed by atoms with Crippen LogP contribution in [0.4, 0.5) is 0 Å². The third kappa shape index (κ3) is 3.34. The van der Waals surface area contributed by atoms with Crippen molar-refractivity contribution in [3.8, 4) is 0 Å². The normalized spacial score (nSPS) is 11.9. The fourth-order valence-corrected chi connectivity index (χ4v) is 3.64. The van der Waals surface area contributed by atoms with Gasteiger partial charge in [-0.1, -0.05) is 109 Å². The predicted octanol–water partition coefficient (Wildman–Crippen LogP) is 6.45. The number of hydrogen-bond acceptors (Lipinski definition) is 2. The summed E-state index contributed by atoms with van der Waals surface area (Å²) < 4.78 is 0. The molecule has 0 spiro atoms. The minimum absolute atomic E-state index is 0.878. The van der Waals surface area contributed by atoms with Crippen LogP contribution in [0.3, 0.4) is 0 Å². The van der Waals surface area contributed by atoms with Crippen molar-refractivity contribution in [1.82, 2.24) is 15.4 Å². The molecule has 4 aromatic carbocycles. The first-order chi connectivity index (χ1) is 14.4. The summed E-state index contributed by atoms with van der Waals surface area (Å²) in [5.74, 6) is 0. The first kappa shape index (κ1) is 17.1. The second-order valence-corrected chi connectivity index (χ2v) is 6.88. The van der Waals surface area contributed by atoms with E-state index in [2.05, 4.69) is 94.3 Å². The molecule has 1 aromatic heterocycles. The SMILES string of the molecule is C(=Cc1c(C=Cc2ccccc2)c2n[nH]nc2c2ccccc12)c1ccccc1. The fraction of sp³-hybridized carbons (Fsp3) is 0. The number of hydrogen-bond donors (Lipinski definition) is 1. The Bertz CT molecular complexity index is 1330. The van der Waals surface area contributed by atoms with Gasteiger partial charge in [0.1, 0.15) is 11.0 Å². The van der Waals surface area contributed by atoms with Gasteiger partial charge < -0.3 is 0 Å². The molecule has 3 nitrogen and oxygen atoms in total. The average Bonchev–Trinajstić information content (AvgIpc) is 3.28. The maximum absolute atomic E-state index is 4.48. The predicted molar refractivity (Wildman–Crippen MR) is 122 cm³/mol. The van der Waals surface area contributed by atoms with Crippen LogP contribution in [0.1, 0.15) is 22.3 Å². The van der Waals surface area contributed by atoms with Crippen LogP contribution < -0.4 is 0 Å². The molecule has 3 heteroatoms. The third-order valence-electron chi connectivity index (χ3n) is 5.05. The second kappa shape index (κ2) is 7.56. The Kier molecular flexibility index (Phi) is 4.47. The first-order valence-corrected chi connectivity index (χ1v) is 9.61. The smallest absolute Gasteiger partial charge is 0.121 e. The lowest BCUT2D eigenvalue weighted by molar-refractivity contribution is 0.960. The van der Waals surface area contributed by atoms with Gasteiger partial charge in [-0.3, -0.25) is 0 Å². The molecule has 138 valence electrons. The summed E-state index contributed by atoms with van der Waals surface area (Å²) in [5, 5.41) is 14.0. The molecule has 1 heterocycles. The lowest BCUT2D eigenvalue weighted by Crippen LogP contribution is -1.89. The van der Waals surface area contributed by atoms with Crippen molar-refractivity contribution in [2.24, 2.45) is 0 Å². The van der Waals surface area contributed by atoms with Crippen molar-refractivity contribution in [3.05, 3.63) is 107 Å². The van der Waals surface area contributed by atoms with Gasteiger partial charge in [0.05, 0.1) is 0 Å². The van der Waals surface area contributed by atoms with E-state index >= 15 is 0 Å². The molecule has 1 N–H and O–H groups in total. The van der Waals surface area contributed by atoms with E-state index in [0.717, 1.165) is 44.1 Å². The van der Waals surface area contributed by atoms with E-state index < -0.39 is 0 Å². The number of aromatic nitrogens is 3. The number of aromatic amines is 1. The quantitative estimate of drug-likeness (QED) is 0.368. The standard InChI is InChI=1S/C26H19N3/c1-3-9-19(10-4-1)15-17-22-21-13-7-8-14-23(21)25-26(28-29-27-25)24(22)18-16-20-11-5-2-6-12-20/h1-18H,(H,27,28,29). The van der Waals surface area contributed by atoms with Crippen molar-refractivity contribution < 1.29 is 0 Å². The summed E-state index contributed by atoms with van der Waals surface area (Å²) >= 11 is 0. The summed E-state index contributed by atoms with van der Waals surface area (Å²) in [5.41, 5.74) is 6.28. The first-order valence-electron chi connectivity index (χ1n) is 9.61. The summed E-state index contributed by atoms with van der Waals surface area (Å²) in [7, 11) is 0. The maximum atomic E-state index is 4.48. The van der Waals surface area contributed by atoms with Crippen LogP contribution in [0, 0.1) is 0 Å². The Morgan fingerprint density at radius 3 is 1.66 bits per heavy atom. The molecular weight excluding hydrogens is 354 g/mol. The van der Waals surface area contributed by atoms with Crippen LogP contribution in [0.15, 0.2) is 84.9 Å². The molecular formula is C26H19N3. The van der Waals surface area contributed by atoms with E-state index in [-0.39, 0.29) is 0 Å². The van der Waals surface area contributed by atoms with E-state index in [1.54, 1.807) is 0 Å². The number of nitrogens with one attached hydrogen (secondary N) is 1. The lowest BCUT2D eigenvalue weighted by Gasteiger charge is -2.09. The Morgan fingerprint density at radius 2 is 1.00 bits per heavy atom. The number of rotatable bonds is 4. The van der Waals surface area contributed by atoms with Crippen molar-refractivity contribution >= 4 is 46.1 Å². The summed E-state index contributed by atoms with van der Waals surface area (Å²) in [4.78, 5) is 0. The molecule has 0 radical (unpaired) electrons. The summed E-state index contributed by atoms with van der Waals surface area (Å²) in [6.45, 7) is 0. The number of benzene rings is 4. The molecule has 29 heavy (non-hydrogen) atoms. The number of nitrogens with zero attached hydrogens (tertiary/aromatic N) is 2. The van der Waals surface area contributed by atoms with Crippen LogP contribution in [0.5, 0.6) is 0 Å². The van der Waals surface area contributed by atoms with Gasteiger partial charge >= 0.3 is 0 Å². The molecule has 0 bridgehead atoms. The van der Waals surface area contributed by atoms with Gasteiger partial charge in [0, 0.05) is 10.9 Å². The van der Waals surface area contributed by atoms with Gasteiger partial charge in [0.25, 0.3) is 0 Å². The topological polar surface area (TPSA) is 41.6 Å². The van der Waals surface area contributed by atoms with E-state index in [1.165, 1.54) is 0 Å². The van der Waals surface area contributed by atoms with Crippen molar-refractivity contribution in [1.29, 1.82) is 0 Å². The van der Waals surface area contributed by atoms with Gasteiger partial charge in [-0.15, -0.1) is 0 Å². The van der Waals surface area contributed by atoms with Gasteiger partial charge in [-0.2, -0.15) is 15.4 Å². The van der Waals surface area contributed by atoms with Crippen LogP contribution >= 0.6 is 0 Å². The third-order valence-corrected chi connectivity index (χ3v) is 5.05. The highest BCUT2D eigenvalue weighted by Crippen LogP contribution is 2.33. The second-order valence-electron chi connectivity index (χ2n) is 6.88. The molecule has 0 saturated heterocycles. The molecule has 0 fully saturated rings. The minimum atomic E-state index is 0.878. The summed E-state index contributed by atoms with van der Waals surface area (Å²) in [6.07, 6.45) is 8.58. The Hall–Kier alpha value is -3.98. The van der Waals surface area contributed by atoms with Crippen molar-refractivity contribution in [2.45, 2.75) is 0 Å². The molecule has 0 unspecified atom stereocenters. The summed E-state index contributed by atoms with van der Waals surface area (Å²) in [6, 6.07) is 29.0. The molecule has 0 aliphatic rings. The molecule has 5 rings (SSSR count). The highest BCUT2D eigenvalue weighted by Gasteiger charge is 2.14. The fourth-order valence-electron chi connectivity index (χ4n) is 3.64. The average molecular weight is 373 g/mol. The van der Waals surface area contributed by atoms with Gasteiger partial charge in [0.2, 0.25) is 0 Å². The van der Waals surface area contributed by atoms with Gasteiger partial charge in [-0.25, -0.2) is 0 Å². The van der Waals surface area contributed by atoms with Crippen molar-refractivity contribution in [2.75, 3.05) is 0 Å². The van der Waals surface area contributed by atoms with Crippen molar-refractivity contribution in [3.63, 3.8) is 0 Å². The molecule has 0 aliphatic carbocycles. The zero-order valence-electron chi connectivity index (χ0n) is 15.8. The van der Waals surface area contributed by atoms with Crippen LogP contribution in [0.25, 0.3) is 46.1 Å². The van der Waals surface area contributed by atoms with E-state index in [4.69, 9.17) is 0 Å². The highest BCUT2D eigenvalue weighted by atomic mass is 15.3. The van der Waals surface area contributed by atoms with Crippen LogP contribution in [-0.2, 0) is 0 Å². The molecule has 0 saturated carbocycles. The van der Waals surface area contributed by atoms with E-state index in [9.17, 15) is 0 Å². The molecule has 0 atom stereocenters. The number of H-pyrrole nitrogens is 1. The largest absolute Gasteiger partial charge is 0.197 e. The van der Waals surface area contributed by atoms with Crippen LogP contribution in [0.2, 0.25) is 0 Å². The van der Waals surface area contributed by atoms with Gasteiger partial charge in [0.15, 0.2) is 0 Å². The lowest BCUT2D eigenvalue weighted by atomic mass is 9.95. The van der Waals surface area contributed by atoms with Crippen LogP contribution in [-0.4, -0.2) is 15.4 Å². The Labute approximate surface area is 169 Å². The van der Waals surface area contributed by atoms with Gasteiger partial charge in [-0.05, 0) is 22.1 Å². The highest BCUT2D eigenvalue weighted by molar-refractivity contribution is 6.13. The Balaban J connectivity index is 1.75. The van der Waals surface area contributed by atoms with E-state index in [0.29, 0.717) is 0 Å².